The first-order valence-corrected chi connectivity index (χ1v) is 10.4. The maximum absolute atomic E-state index is 12.8. The summed E-state index contributed by atoms with van der Waals surface area (Å²) in [6, 6.07) is 9.27. The zero-order chi connectivity index (χ0) is 19.6. The van der Waals surface area contributed by atoms with Crippen LogP contribution >= 0.6 is 11.3 Å². The second-order valence-corrected chi connectivity index (χ2v) is 7.58. The first-order chi connectivity index (χ1) is 13.1. The zero-order valence-corrected chi connectivity index (χ0v) is 16.8. The van der Waals surface area contributed by atoms with Crippen LogP contribution in [0, 0.1) is 17.2 Å². The van der Waals surface area contributed by atoms with E-state index in [2.05, 4.69) is 24.5 Å². The van der Waals surface area contributed by atoms with Crippen molar-refractivity contribution in [3.63, 3.8) is 0 Å². The quantitative estimate of drug-likeness (QED) is 0.611. The molecule has 27 heavy (non-hydrogen) atoms. The number of nitriles is 1. The fraction of sp³-hybridized carbons (Fsp3) is 0.476. The molecule has 6 heteroatoms. The van der Waals surface area contributed by atoms with Gasteiger partial charge in [0.2, 0.25) is 11.8 Å². The molecule has 0 fully saturated rings. The molecule has 1 aromatic heterocycles. The number of nitrogens with zero attached hydrogens (tertiary/aromatic N) is 1. The summed E-state index contributed by atoms with van der Waals surface area (Å²) in [5.74, 6) is -0.465. The number of hydrogen-bond acceptors (Lipinski definition) is 4. The average molecular weight is 386 g/mol. The highest BCUT2D eigenvalue weighted by Gasteiger charge is 2.25. The van der Waals surface area contributed by atoms with E-state index in [-0.39, 0.29) is 24.3 Å². The van der Waals surface area contributed by atoms with Crippen LogP contribution in [-0.4, -0.2) is 24.4 Å². The van der Waals surface area contributed by atoms with Crippen molar-refractivity contribution in [3.05, 3.63) is 35.2 Å². The highest BCUT2D eigenvalue weighted by molar-refractivity contribution is 7.17. The Morgan fingerprint density at radius 2 is 1.85 bits per heavy atom. The number of thiophene rings is 1. The number of amides is 2. The zero-order valence-electron chi connectivity index (χ0n) is 16.0. The lowest BCUT2D eigenvalue weighted by molar-refractivity contribution is -0.131. The van der Waals surface area contributed by atoms with Gasteiger partial charge in [-0.3, -0.25) is 9.59 Å². The van der Waals surface area contributed by atoms with Gasteiger partial charge in [0.15, 0.2) is 0 Å². The van der Waals surface area contributed by atoms with Crippen LogP contribution in [0.3, 0.4) is 0 Å². The fourth-order valence-corrected chi connectivity index (χ4v) is 4.24. The fourth-order valence-electron chi connectivity index (χ4n) is 3.26. The molecule has 0 spiro atoms. The Kier molecular flexibility index (Phi) is 8.28. The molecule has 0 aliphatic rings. The summed E-state index contributed by atoms with van der Waals surface area (Å²) in [5.41, 5.74) is 1.04. The summed E-state index contributed by atoms with van der Waals surface area (Å²) in [5, 5.41) is 17.4. The van der Waals surface area contributed by atoms with E-state index in [1.165, 1.54) is 0 Å². The van der Waals surface area contributed by atoms with E-state index in [1.807, 2.05) is 35.7 Å². The second-order valence-electron chi connectivity index (χ2n) is 6.67. The molecule has 0 aliphatic carbocycles. The normalized spacial score (nSPS) is 11.9. The van der Waals surface area contributed by atoms with Gasteiger partial charge in [0.1, 0.15) is 12.6 Å². The van der Waals surface area contributed by atoms with Gasteiger partial charge in [-0.15, -0.1) is 11.3 Å². The molecule has 1 aromatic carbocycles. The summed E-state index contributed by atoms with van der Waals surface area (Å²) in [7, 11) is 0. The molecule has 144 valence electrons. The van der Waals surface area contributed by atoms with Crippen LogP contribution in [0.5, 0.6) is 0 Å². The molecule has 2 N–H and O–H groups in total. The van der Waals surface area contributed by atoms with Gasteiger partial charge in [0, 0.05) is 17.0 Å². The van der Waals surface area contributed by atoms with Gasteiger partial charge in [-0.05, 0) is 35.2 Å². The summed E-state index contributed by atoms with van der Waals surface area (Å²) in [4.78, 5) is 25.3. The molecule has 0 radical (unpaired) electrons. The lowest BCUT2D eigenvalue weighted by Crippen LogP contribution is -2.49. The Balaban J connectivity index is 2.19. The Hall–Kier alpha value is -2.39. The summed E-state index contributed by atoms with van der Waals surface area (Å²) >= 11 is 1.63. The van der Waals surface area contributed by atoms with E-state index in [9.17, 15) is 9.59 Å². The number of nitrogens with one attached hydrogen (secondary N) is 2. The van der Waals surface area contributed by atoms with Gasteiger partial charge in [-0.2, -0.15) is 5.26 Å². The molecule has 0 aliphatic heterocycles. The van der Waals surface area contributed by atoms with Crippen molar-refractivity contribution in [2.45, 2.75) is 52.0 Å². The SMILES string of the molecule is CCCC(CCC)C(=O)NC(Cc1csc2ccccc12)C(=O)NCC#N. The van der Waals surface area contributed by atoms with Crippen molar-refractivity contribution in [1.29, 1.82) is 5.26 Å². The van der Waals surface area contributed by atoms with Crippen molar-refractivity contribution in [1.82, 2.24) is 10.6 Å². The Bertz CT molecular complexity index is 803. The summed E-state index contributed by atoms with van der Waals surface area (Å²) in [6.07, 6.45) is 3.90. The molecule has 1 atom stereocenters. The van der Waals surface area contributed by atoms with Gasteiger partial charge in [-0.25, -0.2) is 0 Å². The molecule has 2 amide bonds. The van der Waals surface area contributed by atoms with Crippen LogP contribution in [0.2, 0.25) is 0 Å². The molecule has 5 nitrogen and oxygen atoms in total. The Morgan fingerprint density at radius 1 is 1.15 bits per heavy atom. The third kappa shape index (κ3) is 5.80. The van der Waals surface area contributed by atoms with Gasteiger partial charge < -0.3 is 10.6 Å². The highest BCUT2D eigenvalue weighted by atomic mass is 32.1. The van der Waals surface area contributed by atoms with Crippen LogP contribution in [0.15, 0.2) is 29.6 Å². The molecule has 2 aromatic rings. The van der Waals surface area contributed by atoms with Crippen LogP contribution in [0.1, 0.15) is 45.1 Å². The molecule has 2 rings (SSSR count). The van der Waals surface area contributed by atoms with E-state index < -0.39 is 6.04 Å². The molecule has 1 unspecified atom stereocenters. The van der Waals surface area contributed by atoms with Gasteiger partial charge in [0.05, 0.1) is 6.07 Å². The maximum Gasteiger partial charge on any atom is 0.243 e. The van der Waals surface area contributed by atoms with Crippen LogP contribution in [0.4, 0.5) is 0 Å². The molecule has 0 saturated heterocycles. The van der Waals surface area contributed by atoms with E-state index in [4.69, 9.17) is 5.26 Å². The first kappa shape index (κ1) is 20.9. The minimum Gasteiger partial charge on any atom is -0.344 e. The molecule has 0 saturated carbocycles. The predicted molar refractivity (Wildman–Crippen MR) is 109 cm³/mol. The number of carbonyl (C=O) groups excluding carboxylic acids is 2. The lowest BCUT2D eigenvalue weighted by Gasteiger charge is -2.21. The smallest absolute Gasteiger partial charge is 0.243 e. The number of benzene rings is 1. The van der Waals surface area contributed by atoms with Crippen molar-refractivity contribution >= 4 is 33.2 Å². The largest absolute Gasteiger partial charge is 0.344 e. The van der Waals surface area contributed by atoms with E-state index in [0.717, 1.165) is 41.3 Å². The van der Waals surface area contributed by atoms with Crippen molar-refractivity contribution in [2.75, 3.05) is 6.54 Å². The monoisotopic (exact) mass is 385 g/mol. The lowest BCUT2D eigenvalue weighted by atomic mass is 9.96. The summed E-state index contributed by atoms with van der Waals surface area (Å²) in [6.45, 7) is 4.05. The third-order valence-corrected chi connectivity index (χ3v) is 5.62. The predicted octanol–water partition coefficient (Wildman–Crippen LogP) is 3.78. The third-order valence-electron chi connectivity index (χ3n) is 4.60. The minimum atomic E-state index is -0.680. The Labute approximate surface area is 164 Å². The van der Waals surface area contributed by atoms with Gasteiger partial charge >= 0.3 is 0 Å². The molecular weight excluding hydrogens is 358 g/mol. The van der Waals surface area contributed by atoms with Crippen LogP contribution < -0.4 is 10.6 Å². The van der Waals surface area contributed by atoms with Gasteiger partial charge in [-0.1, -0.05) is 44.9 Å². The van der Waals surface area contributed by atoms with Crippen LogP contribution in [-0.2, 0) is 16.0 Å². The minimum absolute atomic E-state index is 0.0665. The first-order valence-electron chi connectivity index (χ1n) is 9.50. The van der Waals surface area contributed by atoms with Crippen molar-refractivity contribution in [2.24, 2.45) is 5.92 Å². The van der Waals surface area contributed by atoms with Gasteiger partial charge in [0.25, 0.3) is 0 Å². The van der Waals surface area contributed by atoms with Crippen molar-refractivity contribution in [3.8, 4) is 6.07 Å². The van der Waals surface area contributed by atoms with Crippen LogP contribution in [0.25, 0.3) is 10.1 Å². The topological polar surface area (TPSA) is 82.0 Å². The molecule has 1 heterocycles. The van der Waals surface area contributed by atoms with Crippen molar-refractivity contribution < 1.29 is 9.59 Å². The average Bonchev–Trinajstić information content (AvgIpc) is 3.08. The highest BCUT2D eigenvalue weighted by Crippen LogP contribution is 2.26. The number of rotatable bonds is 10. The standard InChI is InChI=1S/C21H27N3O2S/c1-3-7-15(8-4-2)20(25)24-18(21(26)23-12-11-22)13-16-14-27-19-10-6-5-9-17(16)19/h5-6,9-10,14-15,18H,3-4,7-8,12-13H2,1-2H3,(H,23,26)(H,24,25). The molecule has 0 bridgehead atoms. The number of carbonyl (C=O) groups is 2. The van der Waals surface area contributed by atoms with E-state index in [0.29, 0.717) is 6.42 Å². The second kappa shape index (κ2) is 10.7. The summed E-state index contributed by atoms with van der Waals surface area (Å²) < 4.78 is 1.16. The maximum atomic E-state index is 12.8. The Morgan fingerprint density at radius 3 is 2.52 bits per heavy atom. The number of fused-ring (bicyclic) bond motifs is 1. The van der Waals surface area contributed by atoms with E-state index in [1.54, 1.807) is 11.3 Å². The number of hydrogen-bond donors (Lipinski definition) is 2. The molecular formula is C21H27N3O2S. The van der Waals surface area contributed by atoms with E-state index >= 15 is 0 Å².